The molecule has 0 radical (unpaired) electrons. The van der Waals surface area contributed by atoms with Crippen molar-refractivity contribution in [3.05, 3.63) is 50.9 Å². The molecule has 0 saturated heterocycles. The Bertz CT molecular complexity index is 585. The first-order valence-corrected chi connectivity index (χ1v) is 6.65. The number of aromatic amines is 1. The van der Waals surface area contributed by atoms with E-state index >= 15 is 0 Å². The number of rotatable bonds is 3. The molecule has 0 unspecified atom stereocenters. The molecule has 0 bridgehead atoms. The minimum atomic E-state index is -0.140. The normalized spacial score (nSPS) is 10.4. The summed E-state index contributed by atoms with van der Waals surface area (Å²) in [7, 11) is 0. The fraction of sp³-hybridized carbons (Fsp3) is 0.0909. The highest BCUT2D eigenvalue weighted by atomic mass is 79.9. The molecule has 0 saturated carbocycles. The summed E-state index contributed by atoms with van der Waals surface area (Å²) in [6.45, 7) is 0. The van der Waals surface area contributed by atoms with Crippen LogP contribution >= 0.6 is 27.7 Å². The maximum atomic E-state index is 11.1. The second-order valence-electron chi connectivity index (χ2n) is 3.38. The number of H-pyrrole nitrogens is 1. The van der Waals surface area contributed by atoms with Gasteiger partial charge in [0, 0.05) is 28.2 Å². The molecule has 17 heavy (non-hydrogen) atoms. The number of anilines is 1. The molecule has 88 valence electrons. The number of thioether (sulfide) groups is 1. The minimum Gasteiger partial charge on any atom is -0.399 e. The third-order valence-corrected chi connectivity index (χ3v) is 3.76. The summed E-state index contributed by atoms with van der Waals surface area (Å²) in [6, 6.07) is 7.05. The van der Waals surface area contributed by atoms with Crippen LogP contribution in [-0.2, 0) is 5.75 Å². The summed E-state index contributed by atoms with van der Waals surface area (Å²) in [5.74, 6) is 0.716. The number of nitrogens with zero attached hydrogens (tertiary/aromatic N) is 1. The van der Waals surface area contributed by atoms with E-state index in [9.17, 15) is 4.79 Å². The average Bonchev–Trinajstić information content (AvgIpc) is 2.28. The fourth-order valence-corrected chi connectivity index (χ4v) is 2.83. The van der Waals surface area contributed by atoms with Gasteiger partial charge in [-0.1, -0.05) is 33.8 Å². The lowest BCUT2D eigenvalue weighted by Crippen LogP contribution is -2.05. The van der Waals surface area contributed by atoms with Crippen molar-refractivity contribution in [3.63, 3.8) is 0 Å². The Hall–Kier alpha value is -1.27. The van der Waals surface area contributed by atoms with Crippen LogP contribution in [-0.4, -0.2) is 9.97 Å². The first kappa shape index (κ1) is 12.2. The molecule has 0 aliphatic heterocycles. The van der Waals surface area contributed by atoms with Gasteiger partial charge in [0.2, 0.25) is 0 Å². The zero-order valence-electron chi connectivity index (χ0n) is 8.81. The van der Waals surface area contributed by atoms with Gasteiger partial charge >= 0.3 is 0 Å². The van der Waals surface area contributed by atoms with Crippen molar-refractivity contribution in [1.29, 1.82) is 0 Å². The summed E-state index contributed by atoms with van der Waals surface area (Å²) in [4.78, 5) is 17.8. The van der Waals surface area contributed by atoms with E-state index in [1.54, 1.807) is 0 Å². The van der Waals surface area contributed by atoms with E-state index in [0.717, 1.165) is 15.7 Å². The fourth-order valence-electron chi connectivity index (χ4n) is 1.25. The number of nitrogens with two attached hydrogens (primary N) is 1. The topological polar surface area (TPSA) is 71.8 Å². The van der Waals surface area contributed by atoms with E-state index in [4.69, 9.17) is 5.73 Å². The summed E-state index contributed by atoms with van der Waals surface area (Å²) in [5.41, 5.74) is 7.34. The van der Waals surface area contributed by atoms with Crippen LogP contribution < -0.4 is 11.3 Å². The van der Waals surface area contributed by atoms with Crippen LogP contribution in [0.3, 0.4) is 0 Å². The van der Waals surface area contributed by atoms with E-state index < -0.39 is 0 Å². The molecule has 1 aromatic carbocycles. The Balaban J connectivity index is 2.10. The summed E-state index contributed by atoms with van der Waals surface area (Å²) >= 11 is 4.92. The predicted molar refractivity (Wildman–Crippen MR) is 73.0 cm³/mol. The number of hydrogen-bond acceptors (Lipinski definition) is 4. The number of aromatic nitrogens is 2. The average molecular weight is 312 g/mol. The van der Waals surface area contributed by atoms with E-state index in [0.29, 0.717) is 10.9 Å². The highest BCUT2D eigenvalue weighted by molar-refractivity contribution is 9.10. The molecule has 2 rings (SSSR count). The van der Waals surface area contributed by atoms with Crippen LogP contribution in [0.15, 0.2) is 44.9 Å². The van der Waals surface area contributed by atoms with Crippen molar-refractivity contribution >= 4 is 33.4 Å². The van der Waals surface area contributed by atoms with Crippen LogP contribution in [0, 0.1) is 0 Å². The summed E-state index contributed by atoms with van der Waals surface area (Å²) < 4.78 is 0.961. The Kier molecular flexibility index (Phi) is 3.86. The van der Waals surface area contributed by atoms with Crippen LogP contribution in [0.25, 0.3) is 0 Å². The van der Waals surface area contributed by atoms with Crippen LogP contribution in [0.5, 0.6) is 0 Å². The van der Waals surface area contributed by atoms with Gasteiger partial charge in [0.05, 0.1) is 0 Å². The maximum Gasteiger partial charge on any atom is 0.251 e. The molecule has 1 heterocycles. The molecule has 4 nitrogen and oxygen atoms in total. The van der Waals surface area contributed by atoms with Crippen molar-refractivity contribution in [2.45, 2.75) is 10.9 Å². The summed E-state index contributed by atoms with van der Waals surface area (Å²) in [6.07, 6.45) is 1.50. The standard InChI is InChI=1S/C11H10BrN3OS/c12-9-5-8(13)2-1-7(9)6-17-11-14-4-3-10(16)15-11/h1-5H,6,13H2,(H,14,15,16). The molecule has 0 aliphatic carbocycles. The smallest absolute Gasteiger partial charge is 0.251 e. The molecule has 0 aliphatic rings. The quantitative estimate of drug-likeness (QED) is 0.519. The Morgan fingerprint density at radius 3 is 2.94 bits per heavy atom. The lowest BCUT2D eigenvalue weighted by atomic mass is 10.2. The van der Waals surface area contributed by atoms with Gasteiger partial charge in [-0.15, -0.1) is 0 Å². The first-order chi connectivity index (χ1) is 8.15. The molecule has 0 fully saturated rings. The second kappa shape index (κ2) is 5.37. The third-order valence-electron chi connectivity index (χ3n) is 2.09. The van der Waals surface area contributed by atoms with Gasteiger partial charge in [-0.2, -0.15) is 0 Å². The lowest BCUT2D eigenvalue weighted by molar-refractivity contribution is 0.936. The van der Waals surface area contributed by atoms with Crippen molar-refractivity contribution in [2.75, 3.05) is 5.73 Å². The highest BCUT2D eigenvalue weighted by Crippen LogP contribution is 2.25. The van der Waals surface area contributed by atoms with Gasteiger partial charge < -0.3 is 10.7 Å². The molecule has 3 N–H and O–H groups in total. The molecule has 0 spiro atoms. The van der Waals surface area contributed by atoms with E-state index in [1.807, 2.05) is 18.2 Å². The molecular formula is C11H10BrN3OS. The number of nitrogen functional groups attached to an aromatic ring is 1. The van der Waals surface area contributed by atoms with Gasteiger partial charge in [-0.3, -0.25) is 4.79 Å². The zero-order chi connectivity index (χ0) is 12.3. The Morgan fingerprint density at radius 1 is 1.41 bits per heavy atom. The number of halogens is 1. The first-order valence-electron chi connectivity index (χ1n) is 4.87. The maximum absolute atomic E-state index is 11.1. The largest absolute Gasteiger partial charge is 0.399 e. The molecule has 2 aromatic rings. The third kappa shape index (κ3) is 3.34. The van der Waals surface area contributed by atoms with Gasteiger partial charge in [-0.05, 0) is 17.7 Å². The Labute approximate surface area is 111 Å². The summed E-state index contributed by atoms with van der Waals surface area (Å²) in [5, 5.41) is 0.612. The molecular weight excluding hydrogens is 302 g/mol. The van der Waals surface area contributed by atoms with Crippen LogP contribution in [0.1, 0.15) is 5.56 Å². The van der Waals surface area contributed by atoms with Crippen LogP contribution in [0.2, 0.25) is 0 Å². The van der Waals surface area contributed by atoms with Crippen molar-refractivity contribution in [1.82, 2.24) is 9.97 Å². The van der Waals surface area contributed by atoms with Crippen molar-refractivity contribution in [2.24, 2.45) is 0 Å². The predicted octanol–water partition coefficient (Wildman–Crippen LogP) is 2.41. The zero-order valence-corrected chi connectivity index (χ0v) is 11.2. The second-order valence-corrected chi connectivity index (χ2v) is 5.20. The number of hydrogen-bond donors (Lipinski definition) is 2. The van der Waals surface area contributed by atoms with Gasteiger partial charge in [0.25, 0.3) is 5.56 Å². The number of nitrogens with one attached hydrogen (secondary N) is 1. The van der Waals surface area contributed by atoms with Gasteiger partial charge in [-0.25, -0.2) is 4.98 Å². The SMILES string of the molecule is Nc1ccc(CSc2nccc(=O)[nH]2)c(Br)c1. The van der Waals surface area contributed by atoms with Gasteiger partial charge in [0.15, 0.2) is 5.16 Å². The minimum absolute atomic E-state index is 0.140. The van der Waals surface area contributed by atoms with E-state index in [2.05, 4.69) is 25.9 Å². The van der Waals surface area contributed by atoms with Crippen molar-refractivity contribution in [3.8, 4) is 0 Å². The van der Waals surface area contributed by atoms with E-state index in [-0.39, 0.29) is 5.56 Å². The van der Waals surface area contributed by atoms with Gasteiger partial charge in [0.1, 0.15) is 0 Å². The van der Waals surface area contributed by atoms with E-state index in [1.165, 1.54) is 24.0 Å². The highest BCUT2D eigenvalue weighted by Gasteiger charge is 2.02. The molecule has 0 atom stereocenters. The lowest BCUT2D eigenvalue weighted by Gasteiger charge is -2.04. The molecule has 0 amide bonds. The van der Waals surface area contributed by atoms with Crippen molar-refractivity contribution < 1.29 is 0 Å². The molecule has 6 heteroatoms. The monoisotopic (exact) mass is 311 g/mol. The Morgan fingerprint density at radius 2 is 2.24 bits per heavy atom. The molecule has 1 aromatic heterocycles. The van der Waals surface area contributed by atoms with Crippen LogP contribution in [0.4, 0.5) is 5.69 Å². The number of benzene rings is 1.